The largest absolute Gasteiger partial charge is 0.343 e. The SMILES string of the molecule is CN1CCNC(Cc2ccccc2F)C1=O. The number of likely N-dealkylation sites (N-methyl/N-ethyl adjacent to an activating group) is 1. The summed E-state index contributed by atoms with van der Waals surface area (Å²) in [6.07, 6.45) is 0.413. The summed E-state index contributed by atoms with van der Waals surface area (Å²) in [5.41, 5.74) is 0.587. The molecule has 1 amide bonds. The average Bonchev–Trinajstić information content (AvgIpc) is 2.28. The summed E-state index contributed by atoms with van der Waals surface area (Å²) in [7, 11) is 1.78. The monoisotopic (exact) mass is 222 g/mol. The Morgan fingerprint density at radius 2 is 2.25 bits per heavy atom. The zero-order valence-electron chi connectivity index (χ0n) is 9.24. The molecule has 4 heteroatoms. The smallest absolute Gasteiger partial charge is 0.239 e. The van der Waals surface area contributed by atoms with E-state index in [1.54, 1.807) is 30.1 Å². The Morgan fingerprint density at radius 1 is 1.50 bits per heavy atom. The van der Waals surface area contributed by atoms with Gasteiger partial charge in [0.1, 0.15) is 5.82 Å². The number of halogens is 1. The van der Waals surface area contributed by atoms with Crippen LogP contribution in [0.4, 0.5) is 4.39 Å². The fourth-order valence-electron chi connectivity index (χ4n) is 1.91. The van der Waals surface area contributed by atoms with E-state index in [1.807, 2.05) is 0 Å². The third-order valence-electron chi connectivity index (χ3n) is 2.89. The summed E-state index contributed by atoms with van der Waals surface area (Å²) in [5.74, 6) is -0.208. The van der Waals surface area contributed by atoms with Crippen LogP contribution in [-0.2, 0) is 11.2 Å². The summed E-state index contributed by atoms with van der Waals surface area (Å²) in [6.45, 7) is 1.48. The van der Waals surface area contributed by atoms with Crippen molar-refractivity contribution in [3.8, 4) is 0 Å². The molecule has 1 saturated heterocycles. The first-order valence-electron chi connectivity index (χ1n) is 5.40. The fraction of sp³-hybridized carbons (Fsp3) is 0.417. The third-order valence-corrected chi connectivity index (χ3v) is 2.89. The van der Waals surface area contributed by atoms with Crippen molar-refractivity contribution in [2.24, 2.45) is 0 Å². The zero-order valence-corrected chi connectivity index (χ0v) is 9.24. The van der Waals surface area contributed by atoms with Crippen LogP contribution in [0.3, 0.4) is 0 Å². The molecule has 0 aliphatic carbocycles. The predicted molar refractivity (Wildman–Crippen MR) is 59.5 cm³/mol. The van der Waals surface area contributed by atoms with E-state index in [-0.39, 0.29) is 17.8 Å². The minimum absolute atomic E-state index is 0.0366. The summed E-state index contributed by atoms with van der Waals surface area (Å²) in [5, 5.41) is 3.12. The van der Waals surface area contributed by atoms with Crippen LogP contribution in [0.5, 0.6) is 0 Å². The third kappa shape index (κ3) is 2.22. The van der Waals surface area contributed by atoms with Gasteiger partial charge in [-0.3, -0.25) is 4.79 Å². The molecule has 0 spiro atoms. The Hall–Kier alpha value is -1.42. The van der Waals surface area contributed by atoms with Crippen molar-refractivity contribution >= 4 is 5.91 Å². The summed E-state index contributed by atoms with van der Waals surface area (Å²) >= 11 is 0. The van der Waals surface area contributed by atoms with Gasteiger partial charge in [-0.05, 0) is 18.1 Å². The molecule has 0 radical (unpaired) electrons. The lowest BCUT2D eigenvalue weighted by atomic mass is 10.0. The van der Waals surface area contributed by atoms with Crippen molar-refractivity contribution in [2.75, 3.05) is 20.1 Å². The molecular weight excluding hydrogens is 207 g/mol. The van der Waals surface area contributed by atoms with Crippen LogP contribution < -0.4 is 5.32 Å². The van der Waals surface area contributed by atoms with Crippen molar-refractivity contribution in [2.45, 2.75) is 12.5 Å². The molecule has 1 fully saturated rings. The number of amides is 1. The average molecular weight is 222 g/mol. The van der Waals surface area contributed by atoms with Crippen LogP contribution in [0.25, 0.3) is 0 Å². The van der Waals surface area contributed by atoms with Gasteiger partial charge in [0.05, 0.1) is 6.04 Å². The van der Waals surface area contributed by atoms with Gasteiger partial charge in [-0.15, -0.1) is 0 Å². The van der Waals surface area contributed by atoms with Gasteiger partial charge in [0.2, 0.25) is 5.91 Å². The first kappa shape index (κ1) is 11.1. The Balaban J connectivity index is 2.10. The molecule has 1 aliphatic rings. The number of carbonyl (C=O) groups excluding carboxylic acids is 1. The van der Waals surface area contributed by atoms with Crippen molar-refractivity contribution in [1.82, 2.24) is 10.2 Å². The topological polar surface area (TPSA) is 32.3 Å². The Bertz CT molecular complexity index is 394. The van der Waals surface area contributed by atoms with Crippen LogP contribution in [0.15, 0.2) is 24.3 Å². The first-order chi connectivity index (χ1) is 7.68. The van der Waals surface area contributed by atoms with Gasteiger partial charge in [0.15, 0.2) is 0 Å². The van der Waals surface area contributed by atoms with Crippen molar-refractivity contribution < 1.29 is 9.18 Å². The highest BCUT2D eigenvalue weighted by molar-refractivity contribution is 5.82. The lowest BCUT2D eigenvalue weighted by Crippen LogP contribution is -2.54. The molecule has 2 rings (SSSR count). The molecule has 1 aromatic carbocycles. The second-order valence-corrected chi connectivity index (χ2v) is 4.06. The Morgan fingerprint density at radius 3 is 3.00 bits per heavy atom. The molecule has 0 saturated carbocycles. The van der Waals surface area contributed by atoms with E-state index in [0.717, 1.165) is 6.54 Å². The van der Waals surface area contributed by atoms with Gasteiger partial charge in [-0.25, -0.2) is 4.39 Å². The summed E-state index contributed by atoms with van der Waals surface area (Å²) in [6, 6.07) is 6.29. The zero-order chi connectivity index (χ0) is 11.5. The molecule has 1 aliphatic heterocycles. The lowest BCUT2D eigenvalue weighted by molar-refractivity contribution is -0.134. The summed E-state index contributed by atoms with van der Waals surface area (Å²) in [4.78, 5) is 13.5. The second kappa shape index (κ2) is 4.61. The number of nitrogens with one attached hydrogen (secondary N) is 1. The van der Waals surface area contributed by atoms with Crippen LogP contribution in [-0.4, -0.2) is 37.0 Å². The van der Waals surface area contributed by atoms with E-state index in [1.165, 1.54) is 6.07 Å². The highest BCUT2D eigenvalue weighted by Gasteiger charge is 2.26. The van der Waals surface area contributed by atoms with E-state index < -0.39 is 0 Å². The normalized spacial score (nSPS) is 21.2. The highest BCUT2D eigenvalue weighted by atomic mass is 19.1. The molecule has 0 bridgehead atoms. The molecule has 1 atom stereocenters. The molecular formula is C12H15FN2O. The molecule has 86 valence electrons. The second-order valence-electron chi connectivity index (χ2n) is 4.06. The highest BCUT2D eigenvalue weighted by Crippen LogP contribution is 2.11. The van der Waals surface area contributed by atoms with E-state index in [2.05, 4.69) is 5.32 Å². The fourth-order valence-corrected chi connectivity index (χ4v) is 1.91. The molecule has 3 nitrogen and oxygen atoms in total. The van der Waals surface area contributed by atoms with Gasteiger partial charge in [0.25, 0.3) is 0 Å². The van der Waals surface area contributed by atoms with Crippen molar-refractivity contribution in [3.05, 3.63) is 35.6 Å². The van der Waals surface area contributed by atoms with Crippen LogP contribution in [0, 0.1) is 5.82 Å². The molecule has 1 N–H and O–H groups in total. The minimum atomic E-state index is -0.296. The maximum absolute atomic E-state index is 13.4. The van der Waals surface area contributed by atoms with Crippen LogP contribution >= 0.6 is 0 Å². The van der Waals surface area contributed by atoms with E-state index in [9.17, 15) is 9.18 Å². The number of piperazine rings is 1. The van der Waals surface area contributed by atoms with Gasteiger partial charge in [-0.2, -0.15) is 0 Å². The number of carbonyl (C=O) groups is 1. The number of hydrogen-bond acceptors (Lipinski definition) is 2. The molecule has 16 heavy (non-hydrogen) atoms. The van der Waals surface area contributed by atoms with Gasteiger partial charge < -0.3 is 10.2 Å². The van der Waals surface area contributed by atoms with Gasteiger partial charge in [-0.1, -0.05) is 18.2 Å². The van der Waals surface area contributed by atoms with E-state index >= 15 is 0 Å². The predicted octanol–water partition coefficient (Wildman–Crippen LogP) is 0.798. The van der Waals surface area contributed by atoms with Crippen molar-refractivity contribution in [3.63, 3.8) is 0 Å². The van der Waals surface area contributed by atoms with Crippen molar-refractivity contribution in [1.29, 1.82) is 0 Å². The molecule has 0 aromatic heterocycles. The minimum Gasteiger partial charge on any atom is -0.343 e. The lowest BCUT2D eigenvalue weighted by Gasteiger charge is -2.30. The van der Waals surface area contributed by atoms with Crippen LogP contribution in [0.2, 0.25) is 0 Å². The summed E-state index contributed by atoms with van der Waals surface area (Å²) < 4.78 is 13.4. The number of nitrogens with zero attached hydrogens (tertiary/aromatic N) is 1. The van der Waals surface area contributed by atoms with Gasteiger partial charge in [0, 0.05) is 20.1 Å². The maximum Gasteiger partial charge on any atom is 0.239 e. The number of benzene rings is 1. The van der Waals surface area contributed by atoms with Crippen LogP contribution in [0.1, 0.15) is 5.56 Å². The maximum atomic E-state index is 13.4. The molecule has 1 unspecified atom stereocenters. The standard InChI is InChI=1S/C12H15FN2O/c1-15-7-6-14-11(12(15)16)8-9-4-2-3-5-10(9)13/h2-5,11,14H,6-8H2,1H3. The van der Waals surface area contributed by atoms with E-state index in [0.29, 0.717) is 18.5 Å². The molecule has 1 heterocycles. The number of rotatable bonds is 2. The van der Waals surface area contributed by atoms with E-state index in [4.69, 9.17) is 0 Å². The number of hydrogen-bond donors (Lipinski definition) is 1. The molecule has 1 aromatic rings. The van der Waals surface area contributed by atoms with Gasteiger partial charge >= 0.3 is 0 Å². The Kier molecular flexibility index (Phi) is 3.19. The Labute approximate surface area is 94.3 Å². The first-order valence-corrected chi connectivity index (χ1v) is 5.40. The quantitative estimate of drug-likeness (QED) is 0.802.